The van der Waals surface area contributed by atoms with Crippen molar-refractivity contribution >= 4 is 12.0 Å². The minimum atomic E-state index is -0.0753. The van der Waals surface area contributed by atoms with Gasteiger partial charge < -0.3 is 9.64 Å². The van der Waals surface area contributed by atoms with E-state index in [9.17, 15) is 4.79 Å². The van der Waals surface area contributed by atoms with Crippen LogP contribution < -0.4 is 4.74 Å². The van der Waals surface area contributed by atoms with Crippen molar-refractivity contribution in [1.29, 1.82) is 0 Å². The molecule has 108 valence electrons. The summed E-state index contributed by atoms with van der Waals surface area (Å²) in [6.45, 7) is 4.17. The van der Waals surface area contributed by atoms with Crippen molar-refractivity contribution in [2.75, 3.05) is 14.1 Å². The van der Waals surface area contributed by atoms with Crippen molar-refractivity contribution < 1.29 is 9.53 Å². The molecule has 0 spiro atoms. The number of rotatable bonds is 5. The van der Waals surface area contributed by atoms with Gasteiger partial charge in [-0.25, -0.2) is 0 Å². The second kappa shape index (κ2) is 6.75. The molecule has 2 rings (SSSR count). The summed E-state index contributed by atoms with van der Waals surface area (Å²) < 4.78 is 5.84. The zero-order chi connectivity index (χ0) is 15.2. The second-order valence-corrected chi connectivity index (χ2v) is 4.93. The summed E-state index contributed by atoms with van der Waals surface area (Å²) in [5, 5.41) is 0. The number of benzene rings is 2. The molecule has 0 aromatic heterocycles. The van der Waals surface area contributed by atoms with E-state index in [-0.39, 0.29) is 5.91 Å². The van der Waals surface area contributed by atoms with Crippen LogP contribution in [0.25, 0.3) is 6.08 Å². The van der Waals surface area contributed by atoms with Crippen LogP contribution in [-0.2, 0) is 6.61 Å². The Labute approximate surface area is 125 Å². The molecule has 0 N–H and O–H groups in total. The van der Waals surface area contributed by atoms with E-state index in [0.29, 0.717) is 17.9 Å². The largest absolute Gasteiger partial charge is 0.488 e. The van der Waals surface area contributed by atoms with Gasteiger partial charge in [0.25, 0.3) is 5.91 Å². The van der Waals surface area contributed by atoms with Crippen molar-refractivity contribution in [2.45, 2.75) is 6.61 Å². The van der Waals surface area contributed by atoms with Gasteiger partial charge in [0.2, 0.25) is 0 Å². The normalized spacial score (nSPS) is 10.0. The van der Waals surface area contributed by atoms with Crippen LogP contribution in [0.3, 0.4) is 0 Å². The molecule has 0 radical (unpaired) electrons. The second-order valence-electron chi connectivity index (χ2n) is 4.93. The lowest BCUT2D eigenvalue weighted by atomic mass is 10.1. The lowest BCUT2D eigenvalue weighted by molar-refractivity contribution is 0.0822. The maximum absolute atomic E-state index is 12.2. The van der Waals surface area contributed by atoms with Crippen LogP contribution in [0.15, 0.2) is 55.1 Å². The summed E-state index contributed by atoms with van der Waals surface area (Å²) in [4.78, 5) is 13.7. The first-order valence-corrected chi connectivity index (χ1v) is 6.76. The summed E-state index contributed by atoms with van der Waals surface area (Å²) >= 11 is 0. The van der Waals surface area contributed by atoms with Crippen LogP contribution in [0.5, 0.6) is 5.75 Å². The molecule has 0 aliphatic rings. The monoisotopic (exact) mass is 281 g/mol. The van der Waals surface area contributed by atoms with Gasteiger partial charge in [-0.05, 0) is 23.3 Å². The third-order valence-corrected chi connectivity index (χ3v) is 3.12. The Hall–Kier alpha value is -2.55. The highest BCUT2D eigenvalue weighted by Crippen LogP contribution is 2.23. The molecule has 0 bridgehead atoms. The van der Waals surface area contributed by atoms with Crippen LogP contribution in [0.4, 0.5) is 0 Å². The molecular formula is C18H19NO2. The zero-order valence-electron chi connectivity index (χ0n) is 12.4. The van der Waals surface area contributed by atoms with Gasteiger partial charge >= 0.3 is 0 Å². The van der Waals surface area contributed by atoms with E-state index in [1.54, 1.807) is 26.2 Å². The fraction of sp³-hybridized carbons (Fsp3) is 0.167. The molecule has 2 aromatic rings. The molecule has 0 heterocycles. The van der Waals surface area contributed by atoms with Crippen LogP contribution >= 0.6 is 0 Å². The van der Waals surface area contributed by atoms with Gasteiger partial charge in [0, 0.05) is 14.1 Å². The average Bonchev–Trinajstić information content (AvgIpc) is 2.52. The molecule has 0 atom stereocenters. The van der Waals surface area contributed by atoms with E-state index in [1.165, 1.54) is 4.90 Å². The molecule has 0 saturated heterocycles. The number of amides is 1. The standard InChI is InChI=1S/C18H19NO2/c1-4-14-10-11-16(18(20)19(2)3)17(12-14)21-13-15-8-6-5-7-9-15/h4-12H,1,13H2,2-3H3. The predicted octanol–water partition coefficient (Wildman–Crippen LogP) is 3.61. The van der Waals surface area contributed by atoms with Gasteiger partial charge in [0.15, 0.2) is 0 Å². The van der Waals surface area contributed by atoms with E-state index >= 15 is 0 Å². The highest BCUT2D eigenvalue weighted by molar-refractivity contribution is 5.96. The summed E-state index contributed by atoms with van der Waals surface area (Å²) in [5.41, 5.74) is 2.54. The molecule has 3 heteroatoms. The van der Waals surface area contributed by atoms with Gasteiger partial charge in [-0.15, -0.1) is 0 Å². The van der Waals surface area contributed by atoms with E-state index in [1.807, 2.05) is 42.5 Å². The van der Waals surface area contributed by atoms with Crippen LogP contribution in [0.2, 0.25) is 0 Å². The van der Waals surface area contributed by atoms with Gasteiger partial charge in [0.1, 0.15) is 12.4 Å². The van der Waals surface area contributed by atoms with Crippen LogP contribution in [0, 0.1) is 0 Å². The minimum Gasteiger partial charge on any atom is -0.488 e. The first-order chi connectivity index (χ1) is 10.1. The molecule has 0 aliphatic carbocycles. The number of nitrogens with zero attached hydrogens (tertiary/aromatic N) is 1. The Bertz CT molecular complexity index is 633. The maximum Gasteiger partial charge on any atom is 0.257 e. The third-order valence-electron chi connectivity index (χ3n) is 3.12. The summed E-state index contributed by atoms with van der Waals surface area (Å²) in [7, 11) is 3.45. The molecule has 0 unspecified atom stereocenters. The van der Waals surface area contributed by atoms with Crippen molar-refractivity contribution in [3.05, 3.63) is 71.8 Å². The van der Waals surface area contributed by atoms with Crippen LogP contribution in [-0.4, -0.2) is 24.9 Å². The SMILES string of the molecule is C=Cc1ccc(C(=O)N(C)C)c(OCc2ccccc2)c1. The van der Waals surface area contributed by atoms with Gasteiger partial charge in [-0.2, -0.15) is 0 Å². The van der Waals surface area contributed by atoms with Gasteiger partial charge in [0.05, 0.1) is 5.56 Å². The highest BCUT2D eigenvalue weighted by Gasteiger charge is 2.14. The molecular weight excluding hydrogens is 262 g/mol. The van der Waals surface area contributed by atoms with Gasteiger partial charge in [-0.3, -0.25) is 4.79 Å². The number of carbonyl (C=O) groups is 1. The molecule has 3 nitrogen and oxygen atoms in total. The van der Waals surface area contributed by atoms with E-state index in [2.05, 4.69) is 6.58 Å². The molecule has 0 aliphatic heterocycles. The van der Waals surface area contributed by atoms with E-state index < -0.39 is 0 Å². The van der Waals surface area contributed by atoms with Gasteiger partial charge in [-0.1, -0.05) is 49.1 Å². The number of hydrogen-bond donors (Lipinski definition) is 0. The van der Waals surface area contributed by atoms with Crippen molar-refractivity contribution in [1.82, 2.24) is 4.90 Å². The lowest BCUT2D eigenvalue weighted by Gasteiger charge is -2.15. The zero-order valence-corrected chi connectivity index (χ0v) is 12.4. The van der Waals surface area contributed by atoms with Crippen LogP contribution in [0.1, 0.15) is 21.5 Å². The highest BCUT2D eigenvalue weighted by atomic mass is 16.5. The summed E-state index contributed by atoms with van der Waals surface area (Å²) in [5.74, 6) is 0.503. The Morgan fingerprint density at radius 1 is 1.19 bits per heavy atom. The molecule has 0 saturated carbocycles. The first-order valence-electron chi connectivity index (χ1n) is 6.76. The Kier molecular flexibility index (Phi) is 4.77. The topological polar surface area (TPSA) is 29.5 Å². The van der Waals surface area contributed by atoms with Crippen molar-refractivity contribution in [2.24, 2.45) is 0 Å². The summed E-state index contributed by atoms with van der Waals surface area (Å²) in [6.07, 6.45) is 1.74. The molecule has 21 heavy (non-hydrogen) atoms. The third kappa shape index (κ3) is 3.72. The Balaban J connectivity index is 2.26. The van der Waals surface area contributed by atoms with Crippen molar-refractivity contribution in [3.8, 4) is 5.75 Å². The molecule has 0 fully saturated rings. The fourth-order valence-electron chi connectivity index (χ4n) is 1.94. The fourth-order valence-corrected chi connectivity index (χ4v) is 1.94. The summed E-state index contributed by atoms with van der Waals surface area (Å²) in [6, 6.07) is 15.3. The minimum absolute atomic E-state index is 0.0753. The first kappa shape index (κ1) is 14.9. The maximum atomic E-state index is 12.2. The smallest absolute Gasteiger partial charge is 0.257 e. The quantitative estimate of drug-likeness (QED) is 0.838. The molecule has 1 amide bonds. The number of carbonyl (C=O) groups excluding carboxylic acids is 1. The Morgan fingerprint density at radius 2 is 1.90 bits per heavy atom. The van der Waals surface area contributed by atoms with E-state index in [4.69, 9.17) is 4.74 Å². The lowest BCUT2D eigenvalue weighted by Crippen LogP contribution is -2.22. The van der Waals surface area contributed by atoms with Crippen molar-refractivity contribution in [3.63, 3.8) is 0 Å². The number of ether oxygens (including phenoxy) is 1. The average molecular weight is 281 g/mol. The molecule has 2 aromatic carbocycles. The van der Waals surface area contributed by atoms with E-state index in [0.717, 1.165) is 11.1 Å². The number of hydrogen-bond acceptors (Lipinski definition) is 2. The predicted molar refractivity (Wildman–Crippen MR) is 85.3 cm³/mol. The Morgan fingerprint density at radius 3 is 2.52 bits per heavy atom.